The van der Waals surface area contributed by atoms with E-state index in [1.54, 1.807) is 21.5 Å². The standard InChI is InChI=1S/C16H16FN7O/c17-12-3-1-2-11(10-12)15-20-19-13-4-5-14(21-24(13)15)22-6-8-23(9-7-22)16(18)25/h1-5,10H,6-9H2,(H2,18,25). The molecule has 0 radical (unpaired) electrons. The number of carbonyl (C=O) groups is 1. The van der Waals surface area contributed by atoms with Gasteiger partial charge >= 0.3 is 6.03 Å². The number of halogens is 1. The van der Waals surface area contributed by atoms with E-state index in [1.807, 2.05) is 12.1 Å². The van der Waals surface area contributed by atoms with Gasteiger partial charge in [0.25, 0.3) is 0 Å². The SMILES string of the molecule is NC(=O)N1CCN(c2ccc3nnc(-c4cccc(F)c4)n3n2)CC1. The first-order valence-electron chi connectivity index (χ1n) is 7.89. The summed E-state index contributed by atoms with van der Waals surface area (Å²) in [7, 11) is 0. The Kier molecular flexibility index (Phi) is 3.68. The van der Waals surface area contributed by atoms with Crippen LogP contribution in [0.1, 0.15) is 0 Å². The number of primary amides is 1. The summed E-state index contributed by atoms with van der Waals surface area (Å²) in [6.07, 6.45) is 0. The molecule has 2 aromatic heterocycles. The lowest BCUT2D eigenvalue weighted by Crippen LogP contribution is -2.50. The second kappa shape index (κ2) is 6.00. The maximum atomic E-state index is 13.5. The Morgan fingerprint density at radius 3 is 2.60 bits per heavy atom. The van der Waals surface area contributed by atoms with Crippen molar-refractivity contribution in [3.05, 3.63) is 42.2 Å². The lowest BCUT2D eigenvalue weighted by atomic mass is 10.2. The summed E-state index contributed by atoms with van der Waals surface area (Å²) in [6, 6.07) is 9.44. The van der Waals surface area contributed by atoms with Gasteiger partial charge in [0.2, 0.25) is 0 Å². The third-order valence-electron chi connectivity index (χ3n) is 4.25. The topological polar surface area (TPSA) is 92.7 Å². The second-order valence-corrected chi connectivity index (χ2v) is 5.81. The quantitative estimate of drug-likeness (QED) is 0.754. The number of hydrogen-bond acceptors (Lipinski definition) is 5. The molecule has 1 aromatic carbocycles. The second-order valence-electron chi connectivity index (χ2n) is 5.81. The molecule has 0 aliphatic carbocycles. The summed E-state index contributed by atoms with van der Waals surface area (Å²) in [5, 5.41) is 12.8. The number of rotatable bonds is 2. The fourth-order valence-electron chi connectivity index (χ4n) is 2.91. The molecular formula is C16H16FN7O. The summed E-state index contributed by atoms with van der Waals surface area (Å²) in [5.41, 5.74) is 6.50. The average molecular weight is 341 g/mol. The first kappa shape index (κ1) is 15.3. The lowest BCUT2D eigenvalue weighted by molar-refractivity contribution is 0.204. The van der Waals surface area contributed by atoms with E-state index in [9.17, 15) is 9.18 Å². The molecule has 1 aliphatic rings. The number of hydrogen-bond donors (Lipinski definition) is 1. The van der Waals surface area contributed by atoms with Crippen molar-refractivity contribution >= 4 is 17.5 Å². The minimum Gasteiger partial charge on any atom is -0.352 e. The summed E-state index contributed by atoms with van der Waals surface area (Å²) >= 11 is 0. The van der Waals surface area contributed by atoms with Gasteiger partial charge in [-0.15, -0.1) is 15.3 Å². The van der Waals surface area contributed by atoms with Crippen LogP contribution in [-0.2, 0) is 0 Å². The zero-order valence-corrected chi connectivity index (χ0v) is 13.3. The van der Waals surface area contributed by atoms with Gasteiger partial charge in [-0.3, -0.25) is 0 Å². The molecule has 128 valence electrons. The van der Waals surface area contributed by atoms with Gasteiger partial charge in [-0.2, -0.15) is 4.52 Å². The van der Waals surface area contributed by atoms with Gasteiger partial charge < -0.3 is 15.5 Å². The van der Waals surface area contributed by atoms with Crippen molar-refractivity contribution in [3.63, 3.8) is 0 Å². The summed E-state index contributed by atoms with van der Waals surface area (Å²) in [5.74, 6) is 0.883. The van der Waals surface area contributed by atoms with Crippen molar-refractivity contribution in [2.45, 2.75) is 0 Å². The zero-order chi connectivity index (χ0) is 17.4. The maximum Gasteiger partial charge on any atom is 0.314 e. The Bertz CT molecular complexity index is 933. The number of nitrogens with zero attached hydrogens (tertiary/aromatic N) is 6. The molecule has 0 bridgehead atoms. The number of aromatic nitrogens is 4. The number of fused-ring (bicyclic) bond motifs is 1. The van der Waals surface area contributed by atoms with E-state index in [0.29, 0.717) is 43.2 Å². The Labute approximate surface area is 142 Å². The molecule has 25 heavy (non-hydrogen) atoms. The molecule has 2 amide bonds. The fourth-order valence-corrected chi connectivity index (χ4v) is 2.91. The van der Waals surface area contributed by atoms with Crippen molar-refractivity contribution in [1.82, 2.24) is 24.7 Å². The van der Waals surface area contributed by atoms with E-state index in [1.165, 1.54) is 12.1 Å². The van der Waals surface area contributed by atoms with Crippen LogP contribution >= 0.6 is 0 Å². The number of anilines is 1. The van der Waals surface area contributed by atoms with Crippen LogP contribution in [0.2, 0.25) is 0 Å². The van der Waals surface area contributed by atoms with Crippen LogP contribution in [0.4, 0.5) is 15.0 Å². The highest BCUT2D eigenvalue weighted by molar-refractivity contribution is 5.72. The Morgan fingerprint density at radius 2 is 1.88 bits per heavy atom. The zero-order valence-electron chi connectivity index (χ0n) is 13.3. The van der Waals surface area contributed by atoms with Crippen molar-refractivity contribution < 1.29 is 9.18 Å². The molecule has 8 nitrogen and oxygen atoms in total. The number of carbonyl (C=O) groups excluding carboxylic acids is 1. The van der Waals surface area contributed by atoms with E-state index < -0.39 is 6.03 Å². The normalized spacial score (nSPS) is 14.9. The predicted molar refractivity (Wildman–Crippen MR) is 89.5 cm³/mol. The van der Waals surface area contributed by atoms with Crippen LogP contribution in [0.25, 0.3) is 17.0 Å². The number of piperazine rings is 1. The van der Waals surface area contributed by atoms with Crippen LogP contribution in [0.3, 0.4) is 0 Å². The highest BCUT2D eigenvalue weighted by Crippen LogP contribution is 2.21. The molecule has 1 fully saturated rings. The monoisotopic (exact) mass is 341 g/mol. The number of urea groups is 1. The Morgan fingerprint density at radius 1 is 1.08 bits per heavy atom. The molecule has 3 heterocycles. The molecule has 1 aliphatic heterocycles. The molecule has 0 spiro atoms. The van der Waals surface area contributed by atoms with Crippen LogP contribution < -0.4 is 10.6 Å². The van der Waals surface area contributed by atoms with Crippen LogP contribution in [0, 0.1) is 5.82 Å². The van der Waals surface area contributed by atoms with Crippen LogP contribution in [0.15, 0.2) is 36.4 Å². The minimum absolute atomic E-state index is 0.340. The number of nitrogens with two attached hydrogens (primary N) is 1. The summed E-state index contributed by atoms with van der Waals surface area (Å²) in [4.78, 5) is 14.9. The van der Waals surface area contributed by atoms with Gasteiger partial charge in [-0.05, 0) is 24.3 Å². The van der Waals surface area contributed by atoms with E-state index >= 15 is 0 Å². The predicted octanol–water partition coefficient (Wildman–Crippen LogP) is 1.13. The minimum atomic E-state index is -0.407. The third-order valence-corrected chi connectivity index (χ3v) is 4.25. The van der Waals surface area contributed by atoms with Crippen LogP contribution in [-0.4, -0.2) is 56.9 Å². The molecule has 1 saturated heterocycles. The number of amides is 2. The Hall–Kier alpha value is -3.23. The third kappa shape index (κ3) is 2.84. The molecule has 0 saturated carbocycles. The highest BCUT2D eigenvalue weighted by Gasteiger charge is 2.21. The fraction of sp³-hybridized carbons (Fsp3) is 0.250. The van der Waals surface area contributed by atoms with Gasteiger partial charge in [-0.25, -0.2) is 9.18 Å². The summed E-state index contributed by atoms with van der Waals surface area (Å²) in [6.45, 7) is 2.37. The first-order valence-corrected chi connectivity index (χ1v) is 7.89. The van der Waals surface area contributed by atoms with Gasteiger partial charge in [0, 0.05) is 31.7 Å². The highest BCUT2D eigenvalue weighted by atomic mass is 19.1. The number of benzene rings is 1. The van der Waals surface area contributed by atoms with Crippen molar-refractivity contribution in [2.24, 2.45) is 5.73 Å². The molecule has 0 atom stereocenters. The van der Waals surface area contributed by atoms with Gasteiger partial charge in [-0.1, -0.05) is 12.1 Å². The smallest absolute Gasteiger partial charge is 0.314 e. The molecule has 0 unspecified atom stereocenters. The van der Waals surface area contributed by atoms with Crippen molar-refractivity contribution in [1.29, 1.82) is 0 Å². The average Bonchev–Trinajstić information content (AvgIpc) is 3.05. The molecule has 9 heteroatoms. The first-order chi connectivity index (χ1) is 12.1. The van der Waals surface area contributed by atoms with Crippen molar-refractivity contribution in [3.8, 4) is 11.4 Å². The van der Waals surface area contributed by atoms with E-state index in [-0.39, 0.29) is 5.82 Å². The van der Waals surface area contributed by atoms with E-state index in [4.69, 9.17) is 5.73 Å². The molecule has 3 aromatic rings. The molecule has 4 rings (SSSR count). The van der Waals surface area contributed by atoms with E-state index in [2.05, 4.69) is 20.2 Å². The van der Waals surface area contributed by atoms with Gasteiger partial charge in [0.15, 0.2) is 11.5 Å². The maximum absolute atomic E-state index is 13.5. The Balaban J connectivity index is 1.66. The lowest BCUT2D eigenvalue weighted by Gasteiger charge is -2.34. The van der Waals surface area contributed by atoms with Crippen molar-refractivity contribution in [2.75, 3.05) is 31.1 Å². The van der Waals surface area contributed by atoms with Gasteiger partial charge in [0.1, 0.15) is 11.6 Å². The van der Waals surface area contributed by atoms with Gasteiger partial charge in [0.05, 0.1) is 0 Å². The largest absolute Gasteiger partial charge is 0.352 e. The molecule has 2 N–H and O–H groups in total. The van der Waals surface area contributed by atoms with E-state index in [0.717, 1.165) is 5.82 Å². The van der Waals surface area contributed by atoms with Crippen LogP contribution in [0.5, 0.6) is 0 Å². The molecular weight excluding hydrogens is 325 g/mol. The summed E-state index contributed by atoms with van der Waals surface area (Å²) < 4.78 is 15.1.